The Morgan fingerprint density at radius 3 is 2.54 bits per heavy atom. The van der Waals surface area contributed by atoms with Gasteiger partial charge in [0.2, 0.25) is 0 Å². The van der Waals surface area contributed by atoms with Gasteiger partial charge in [0.1, 0.15) is 0 Å². The molecule has 1 aliphatic rings. The van der Waals surface area contributed by atoms with Gasteiger partial charge >= 0.3 is 0 Å². The van der Waals surface area contributed by atoms with Crippen LogP contribution in [0, 0.1) is 0 Å². The summed E-state index contributed by atoms with van der Waals surface area (Å²) in [6.07, 6.45) is 2.46. The van der Waals surface area contributed by atoms with Gasteiger partial charge in [-0.1, -0.05) is 18.2 Å². The second kappa shape index (κ2) is 4.28. The molecule has 0 amide bonds. The van der Waals surface area contributed by atoms with Crippen LogP contribution in [-0.2, 0) is 0 Å². The highest BCUT2D eigenvalue weighted by molar-refractivity contribution is 5.43. The second-order valence-electron chi connectivity index (χ2n) is 3.53. The van der Waals surface area contributed by atoms with E-state index in [1.54, 1.807) is 0 Å². The molecule has 13 heavy (non-hydrogen) atoms. The number of piperidine rings is 1. The summed E-state index contributed by atoms with van der Waals surface area (Å²) in [6.45, 7) is 2.29. The maximum absolute atomic E-state index is 3.54. The van der Waals surface area contributed by atoms with Gasteiger partial charge in [0.05, 0.1) is 0 Å². The lowest BCUT2D eigenvalue weighted by Gasteiger charge is -2.24. The predicted octanol–water partition coefficient (Wildman–Crippen LogP) is 2.10. The number of benzene rings is 1. The van der Waals surface area contributed by atoms with Gasteiger partial charge in [-0.2, -0.15) is 0 Å². The Hall–Kier alpha value is -1.02. The third-order valence-corrected chi connectivity index (χ3v) is 2.48. The summed E-state index contributed by atoms with van der Waals surface area (Å²) < 4.78 is 0. The molecular formula is C11H18N2. The molecule has 0 radical (unpaired) electrons. The summed E-state index contributed by atoms with van der Waals surface area (Å²) in [6, 6.07) is 11.1. The Morgan fingerprint density at radius 1 is 1.15 bits per heavy atom. The number of para-hydroxylation sites is 1. The van der Waals surface area contributed by atoms with E-state index < -0.39 is 0 Å². The fourth-order valence-corrected chi connectivity index (χ4v) is 1.74. The van der Waals surface area contributed by atoms with Gasteiger partial charge < -0.3 is 10.6 Å². The zero-order valence-corrected chi connectivity index (χ0v) is 7.79. The van der Waals surface area contributed by atoms with E-state index in [9.17, 15) is 0 Å². The lowest BCUT2D eigenvalue weighted by Crippen LogP contribution is -2.35. The first kappa shape index (κ1) is 8.57. The summed E-state index contributed by atoms with van der Waals surface area (Å²) in [5, 5.41) is 6.90. The SMILES string of the molecule is [HH].c1ccc(NC2CCNCC2)cc1. The van der Waals surface area contributed by atoms with E-state index in [1.165, 1.54) is 18.5 Å². The molecule has 1 aromatic rings. The molecule has 2 heteroatoms. The molecule has 0 aliphatic carbocycles. The smallest absolute Gasteiger partial charge is 0.0342 e. The van der Waals surface area contributed by atoms with Crippen molar-refractivity contribution in [3.8, 4) is 0 Å². The van der Waals surface area contributed by atoms with Crippen LogP contribution in [0.3, 0.4) is 0 Å². The van der Waals surface area contributed by atoms with Gasteiger partial charge in [-0.05, 0) is 38.1 Å². The summed E-state index contributed by atoms with van der Waals surface area (Å²) in [5.74, 6) is 0. The van der Waals surface area contributed by atoms with Crippen LogP contribution in [0.4, 0.5) is 5.69 Å². The summed E-state index contributed by atoms with van der Waals surface area (Å²) in [7, 11) is 0. The highest BCUT2D eigenvalue weighted by Gasteiger charge is 2.11. The molecule has 0 unspecified atom stereocenters. The molecule has 2 rings (SSSR count). The van der Waals surface area contributed by atoms with Gasteiger partial charge in [0.15, 0.2) is 0 Å². The maximum atomic E-state index is 3.54. The lowest BCUT2D eigenvalue weighted by molar-refractivity contribution is 0.479. The van der Waals surface area contributed by atoms with Crippen molar-refractivity contribution in [3.63, 3.8) is 0 Å². The summed E-state index contributed by atoms with van der Waals surface area (Å²) in [5.41, 5.74) is 1.24. The fourth-order valence-electron chi connectivity index (χ4n) is 1.74. The van der Waals surface area contributed by atoms with Crippen LogP contribution in [0.2, 0.25) is 0 Å². The largest absolute Gasteiger partial charge is 0.382 e. The minimum absolute atomic E-state index is 0. The lowest BCUT2D eigenvalue weighted by atomic mass is 10.1. The molecule has 2 N–H and O–H groups in total. The molecule has 0 spiro atoms. The van der Waals surface area contributed by atoms with E-state index in [0.717, 1.165) is 13.1 Å². The van der Waals surface area contributed by atoms with E-state index in [4.69, 9.17) is 0 Å². The highest BCUT2D eigenvalue weighted by atomic mass is 15.0. The normalized spacial score (nSPS) is 18.5. The Kier molecular flexibility index (Phi) is 2.82. The van der Waals surface area contributed by atoms with Crippen molar-refractivity contribution < 1.29 is 1.43 Å². The van der Waals surface area contributed by atoms with E-state index in [0.29, 0.717) is 6.04 Å². The molecule has 0 atom stereocenters. The van der Waals surface area contributed by atoms with Gasteiger partial charge in [-0.3, -0.25) is 0 Å². The topological polar surface area (TPSA) is 24.1 Å². The summed E-state index contributed by atoms with van der Waals surface area (Å²) >= 11 is 0. The third-order valence-electron chi connectivity index (χ3n) is 2.48. The predicted molar refractivity (Wildman–Crippen MR) is 58.1 cm³/mol. The van der Waals surface area contributed by atoms with E-state index in [-0.39, 0.29) is 1.43 Å². The summed E-state index contributed by atoms with van der Waals surface area (Å²) in [4.78, 5) is 0. The maximum Gasteiger partial charge on any atom is 0.0342 e. The van der Waals surface area contributed by atoms with Crippen molar-refractivity contribution >= 4 is 5.69 Å². The second-order valence-corrected chi connectivity index (χ2v) is 3.53. The van der Waals surface area contributed by atoms with Gasteiger partial charge in [-0.25, -0.2) is 0 Å². The Morgan fingerprint density at radius 2 is 1.85 bits per heavy atom. The Balaban J connectivity index is 0.000000980. The number of hydrogen-bond acceptors (Lipinski definition) is 2. The molecule has 0 saturated carbocycles. The average Bonchev–Trinajstić information content (AvgIpc) is 2.21. The molecular weight excluding hydrogens is 160 g/mol. The standard InChI is InChI=1S/C11H16N2.H2/c1-2-4-10(5-3-1)13-11-6-8-12-9-7-11;/h1-5,11-13H,6-9H2;1H. The van der Waals surface area contributed by atoms with E-state index in [2.05, 4.69) is 34.9 Å². The van der Waals surface area contributed by atoms with E-state index >= 15 is 0 Å². The van der Waals surface area contributed by atoms with Gasteiger partial charge in [0.25, 0.3) is 0 Å². The molecule has 0 bridgehead atoms. The van der Waals surface area contributed by atoms with Crippen molar-refractivity contribution in [2.75, 3.05) is 18.4 Å². The average molecular weight is 178 g/mol. The molecule has 1 aliphatic heterocycles. The number of hydrogen-bond donors (Lipinski definition) is 2. The molecule has 2 nitrogen and oxygen atoms in total. The first-order valence-corrected chi connectivity index (χ1v) is 4.97. The van der Waals surface area contributed by atoms with Crippen molar-refractivity contribution in [3.05, 3.63) is 30.3 Å². The number of anilines is 1. The zero-order valence-electron chi connectivity index (χ0n) is 7.79. The molecule has 1 fully saturated rings. The van der Waals surface area contributed by atoms with Crippen molar-refractivity contribution in [2.24, 2.45) is 0 Å². The van der Waals surface area contributed by atoms with Crippen LogP contribution in [0.25, 0.3) is 0 Å². The minimum Gasteiger partial charge on any atom is -0.382 e. The van der Waals surface area contributed by atoms with Crippen LogP contribution in [-0.4, -0.2) is 19.1 Å². The van der Waals surface area contributed by atoms with Gasteiger partial charge in [0, 0.05) is 13.2 Å². The molecule has 1 heterocycles. The van der Waals surface area contributed by atoms with Crippen LogP contribution < -0.4 is 10.6 Å². The first-order chi connectivity index (χ1) is 6.45. The minimum atomic E-state index is 0. The van der Waals surface area contributed by atoms with Crippen molar-refractivity contribution in [1.82, 2.24) is 5.32 Å². The van der Waals surface area contributed by atoms with Crippen LogP contribution in [0.5, 0.6) is 0 Å². The molecule has 0 aromatic heterocycles. The third kappa shape index (κ3) is 2.46. The van der Waals surface area contributed by atoms with Crippen LogP contribution in [0.1, 0.15) is 14.3 Å². The first-order valence-electron chi connectivity index (χ1n) is 4.97. The Bertz CT molecular complexity index is 245. The van der Waals surface area contributed by atoms with Gasteiger partial charge in [-0.15, -0.1) is 0 Å². The molecule has 1 saturated heterocycles. The molecule has 1 aromatic carbocycles. The quantitative estimate of drug-likeness (QED) is 0.724. The highest BCUT2D eigenvalue weighted by Crippen LogP contribution is 2.12. The van der Waals surface area contributed by atoms with Crippen LogP contribution >= 0.6 is 0 Å². The molecule has 72 valence electrons. The monoisotopic (exact) mass is 178 g/mol. The van der Waals surface area contributed by atoms with Crippen molar-refractivity contribution in [2.45, 2.75) is 18.9 Å². The fraction of sp³-hybridized carbons (Fsp3) is 0.455. The number of rotatable bonds is 2. The van der Waals surface area contributed by atoms with Crippen molar-refractivity contribution in [1.29, 1.82) is 0 Å². The number of nitrogens with one attached hydrogen (secondary N) is 2. The zero-order chi connectivity index (χ0) is 8.93. The Labute approximate surface area is 80.8 Å². The van der Waals surface area contributed by atoms with E-state index in [1.807, 2.05) is 6.07 Å². The van der Waals surface area contributed by atoms with Crippen LogP contribution in [0.15, 0.2) is 30.3 Å².